The molecule has 2 aliphatic rings. The number of nitrogens with zero attached hydrogens (tertiary/aromatic N) is 2. The summed E-state index contributed by atoms with van der Waals surface area (Å²) in [6, 6.07) is 17.9. The molecule has 0 saturated heterocycles. The zero-order chi connectivity index (χ0) is 23.9. The molecule has 1 saturated carbocycles. The minimum atomic E-state index is -0.929. The standard InChI is InChI=1S/C27H32N2O5/c1-33-24-9-5-8-23(14-24)29-17-26(30)28(16-25(29)22-6-3-2-4-7-22)15-20-10-12-21(13-11-20)18-34-19-27(31)32/h2-9,14,16,20-21H,10-13,15,17-19H2,1H3,(H,31,32)/t20-,21-. The Morgan fingerprint density at radius 2 is 1.76 bits per heavy atom. The van der Waals surface area contributed by atoms with Gasteiger partial charge in [-0.05, 0) is 55.2 Å². The monoisotopic (exact) mass is 464 g/mol. The largest absolute Gasteiger partial charge is 0.497 e. The minimum absolute atomic E-state index is 0.0782. The van der Waals surface area contributed by atoms with E-state index in [2.05, 4.69) is 12.1 Å². The van der Waals surface area contributed by atoms with Gasteiger partial charge >= 0.3 is 5.97 Å². The summed E-state index contributed by atoms with van der Waals surface area (Å²) in [6.45, 7) is 1.23. The minimum Gasteiger partial charge on any atom is -0.497 e. The van der Waals surface area contributed by atoms with Crippen LogP contribution in [0.2, 0.25) is 0 Å². The Balaban J connectivity index is 1.47. The molecule has 1 aliphatic carbocycles. The van der Waals surface area contributed by atoms with E-state index in [0.717, 1.165) is 48.4 Å². The van der Waals surface area contributed by atoms with Gasteiger partial charge in [0, 0.05) is 24.5 Å². The SMILES string of the molecule is COc1cccc(N2CC(=O)N(C[C@H]3CC[C@H](COCC(=O)O)CC3)C=C2c2ccccc2)c1. The lowest BCUT2D eigenvalue weighted by atomic mass is 9.82. The maximum atomic E-state index is 13.2. The van der Waals surface area contributed by atoms with E-state index in [9.17, 15) is 9.59 Å². The molecule has 0 aromatic heterocycles. The van der Waals surface area contributed by atoms with Gasteiger partial charge in [-0.25, -0.2) is 4.79 Å². The molecule has 0 unspecified atom stereocenters. The zero-order valence-corrected chi connectivity index (χ0v) is 19.6. The predicted molar refractivity (Wildman–Crippen MR) is 130 cm³/mol. The van der Waals surface area contributed by atoms with Crippen LogP contribution in [0.25, 0.3) is 5.70 Å². The molecule has 0 atom stereocenters. The molecule has 4 rings (SSSR count). The highest BCUT2D eigenvalue weighted by Gasteiger charge is 2.30. The van der Waals surface area contributed by atoms with E-state index in [-0.39, 0.29) is 19.1 Å². The number of aliphatic carboxylic acids is 1. The van der Waals surface area contributed by atoms with Crippen molar-refractivity contribution in [3.8, 4) is 5.75 Å². The van der Waals surface area contributed by atoms with E-state index in [0.29, 0.717) is 25.0 Å². The Labute approximate surface area is 200 Å². The summed E-state index contributed by atoms with van der Waals surface area (Å²) >= 11 is 0. The molecule has 180 valence electrons. The Morgan fingerprint density at radius 3 is 2.47 bits per heavy atom. The Morgan fingerprint density at radius 1 is 1.03 bits per heavy atom. The van der Waals surface area contributed by atoms with Gasteiger partial charge in [-0.15, -0.1) is 0 Å². The number of carbonyl (C=O) groups excluding carboxylic acids is 1. The number of carboxylic acids is 1. The van der Waals surface area contributed by atoms with Crippen molar-refractivity contribution in [3.63, 3.8) is 0 Å². The lowest BCUT2D eigenvalue weighted by Crippen LogP contribution is -2.44. The van der Waals surface area contributed by atoms with Gasteiger partial charge in [-0.3, -0.25) is 4.79 Å². The molecule has 1 aliphatic heterocycles. The average Bonchev–Trinajstić information content (AvgIpc) is 2.86. The quantitative estimate of drug-likeness (QED) is 0.598. The van der Waals surface area contributed by atoms with E-state index in [1.54, 1.807) is 7.11 Å². The fourth-order valence-electron chi connectivity index (χ4n) is 4.77. The van der Waals surface area contributed by atoms with Crippen LogP contribution in [0.3, 0.4) is 0 Å². The molecule has 0 spiro atoms. The molecule has 7 heteroatoms. The fourth-order valence-corrected chi connectivity index (χ4v) is 4.77. The number of carbonyl (C=O) groups is 2. The van der Waals surface area contributed by atoms with Crippen molar-refractivity contribution in [1.82, 2.24) is 4.90 Å². The van der Waals surface area contributed by atoms with Crippen LogP contribution in [0.1, 0.15) is 31.2 Å². The van der Waals surface area contributed by atoms with Crippen molar-refractivity contribution in [2.45, 2.75) is 25.7 Å². The zero-order valence-electron chi connectivity index (χ0n) is 19.6. The lowest BCUT2D eigenvalue weighted by Gasteiger charge is -2.38. The number of amides is 1. The smallest absolute Gasteiger partial charge is 0.329 e. The van der Waals surface area contributed by atoms with E-state index < -0.39 is 5.97 Å². The van der Waals surface area contributed by atoms with Gasteiger partial charge in [0.1, 0.15) is 18.9 Å². The van der Waals surface area contributed by atoms with Crippen molar-refractivity contribution in [2.75, 3.05) is 38.3 Å². The van der Waals surface area contributed by atoms with E-state index in [4.69, 9.17) is 14.6 Å². The molecule has 1 fully saturated rings. The first-order chi connectivity index (χ1) is 16.5. The van der Waals surface area contributed by atoms with Crippen molar-refractivity contribution >= 4 is 23.3 Å². The first-order valence-corrected chi connectivity index (χ1v) is 11.8. The van der Waals surface area contributed by atoms with Gasteiger partial charge in [-0.1, -0.05) is 36.4 Å². The lowest BCUT2D eigenvalue weighted by molar-refractivity contribution is -0.142. The van der Waals surface area contributed by atoms with Crippen LogP contribution >= 0.6 is 0 Å². The summed E-state index contributed by atoms with van der Waals surface area (Å²) in [6.07, 6.45) is 6.01. The third-order valence-corrected chi connectivity index (χ3v) is 6.62. The van der Waals surface area contributed by atoms with Crippen molar-refractivity contribution < 1.29 is 24.2 Å². The number of methoxy groups -OCH3 is 1. The molecule has 1 N–H and O–H groups in total. The molecule has 0 radical (unpaired) electrons. The van der Waals surface area contributed by atoms with E-state index in [1.165, 1.54) is 0 Å². The highest BCUT2D eigenvalue weighted by Crippen LogP contribution is 2.34. The van der Waals surface area contributed by atoms with E-state index >= 15 is 0 Å². The maximum absolute atomic E-state index is 13.2. The predicted octanol–water partition coefficient (Wildman–Crippen LogP) is 4.25. The molecule has 7 nitrogen and oxygen atoms in total. The summed E-state index contributed by atoms with van der Waals surface area (Å²) in [4.78, 5) is 27.8. The molecule has 1 heterocycles. The Hall–Kier alpha value is -3.32. The van der Waals surface area contributed by atoms with Gasteiger partial charge in [0.05, 0.1) is 19.4 Å². The molecule has 0 bridgehead atoms. The number of hydrogen-bond acceptors (Lipinski definition) is 5. The summed E-state index contributed by atoms with van der Waals surface area (Å²) in [7, 11) is 1.64. The first kappa shape index (κ1) is 23.8. The highest BCUT2D eigenvalue weighted by atomic mass is 16.5. The number of benzene rings is 2. The number of carboxylic acid groups (broad SMARTS) is 1. The summed E-state index contributed by atoms with van der Waals surface area (Å²) in [5.41, 5.74) is 2.97. The third kappa shape index (κ3) is 5.97. The summed E-state index contributed by atoms with van der Waals surface area (Å²) in [5, 5.41) is 8.74. The van der Waals surface area contributed by atoms with Gasteiger partial charge < -0.3 is 24.4 Å². The second-order valence-corrected chi connectivity index (χ2v) is 9.01. The summed E-state index contributed by atoms with van der Waals surface area (Å²) in [5.74, 6) is 0.725. The van der Waals surface area contributed by atoms with Gasteiger partial charge in [0.2, 0.25) is 5.91 Å². The number of anilines is 1. The molecular weight excluding hydrogens is 432 g/mol. The summed E-state index contributed by atoms with van der Waals surface area (Å²) < 4.78 is 10.7. The van der Waals surface area contributed by atoms with Gasteiger partial charge in [0.25, 0.3) is 0 Å². The second-order valence-electron chi connectivity index (χ2n) is 9.01. The average molecular weight is 465 g/mol. The van der Waals surface area contributed by atoms with Crippen molar-refractivity contribution in [1.29, 1.82) is 0 Å². The van der Waals surface area contributed by atoms with Crippen LogP contribution in [0.5, 0.6) is 5.75 Å². The first-order valence-electron chi connectivity index (χ1n) is 11.8. The third-order valence-electron chi connectivity index (χ3n) is 6.62. The van der Waals surface area contributed by atoms with Crippen LogP contribution in [-0.2, 0) is 14.3 Å². The van der Waals surface area contributed by atoms with E-state index in [1.807, 2.05) is 58.5 Å². The molecule has 2 aromatic rings. The topological polar surface area (TPSA) is 79.3 Å². The second kappa shape index (κ2) is 11.2. The van der Waals surface area contributed by atoms with Crippen molar-refractivity contribution in [3.05, 3.63) is 66.4 Å². The number of rotatable bonds is 9. The van der Waals surface area contributed by atoms with Crippen LogP contribution in [0.4, 0.5) is 5.69 Å². The van der Waals surface area contributed by atoms with Crippen LogP contribution in [0, 0.1) is 11.8 Å². The molecule has 1 amide bonds. The normalized spacial score (nSPS) is 20.7. The fraction of sp³-hybridized carbons (Fsp3) is 0.407. The Bertz CT molecular complexity index is 1010. The van der Waals surface area contributed by atoms with Crippen LogP contribution in [-0.4, -0.2) is 55.3 Å². The van der Waals surface area contributed by atoms with Crippen LogP contribution < -0.4 is 9.64 Å². The maximum Gasteiger partial charge on any atom is 0.329 e. The Kier molecular flexibility index (Phi) is 7.85. The van der Waals surface area contributed by atoms with Crippen molar-refractivity contribution in [2.24, 2.45) is 11.8 Å². The van der Waals surface area contributed by atoms with Gasteiger partial charge in [0.15, 0.2) is 0 Å². The van der Waals surface area contributed by atoms with Crippen LogP contribution in [0.15, 0.2) is 60.8 Å². The number of ether oxygens (including phenoxy) is 2. The highest BCUT2D eigenvalue weighted by molar-refractivity contribution is 5.94. The molecule has 2 aromatic carbocycles. The number of hydrogen-bond donors (Lipinski definition) is 1. The molecular formula is C27H32N2O5. The van der Waals surface area contributed by atoms with Gasteiger partial charge in [-0.2, -0.15) is 0 Å². The molecule has 34 heavy (non-hydrogen) atoms.